The standard InChI is InChI=1S/C15H21BrN2O3/c1-3-15(4-2,10-19)18-13(20)9-17-14(21)11-7-5-6-8-12(11)16/h5-8,19H,3-4,9-10H2,1-2H3,(H,17,21)(H,18,20). The fourth-order valence-corrected chi connectivity index (χ4v) is 2.40. The summed E-state index contributed by atoms with van der Waals surface area (Å²) in [4.78, 5) is 23.9. The predicted octanol–water partition coefficient (Wildman–Crippen LogP) is 1.85. The number of benzene rings is 1. The third-order valence-corrected chi connectivity index (χ3v) is 4.28. The Morgan fingerprint density at radius 1 is 1.24 bits per heavy atom. The Hall–Kier alpha value is -1.40. The van der Waals surface area contributed by atoms with Crippen molar-refractivity contribution >= 4 is 27.7 Å². The third kappa shape index (κ3) is 4.82. The van der Waals surface area contributed by atoms with Crippen LogP contribution >= 0.6 is 15.9 Å². The molecule has 0 saturated carbocycles. The molecule has 0 radical (unpaired) electrons. The van der Waals surface area contributed by atoms with E-state index < -0.39 is 5.54 Å². The molecule has 0 bridgehead atoms. The Labute approximate surface area is 133 Å². The van der Waals surface area contributed by atoms with E-state index in [1.807, 2.05) is 19.9 Å². The molecule has 1 rings (SSSR count). The van der Waals surface area contributed by atoms with Crippen LogP contribution in [0.2, 0.25) is 0 Å². The maximum atomic E-state index is 12.0. The van der Waals surface area contributed by atoms with Crippen molar-refractivity contribution in [1.29, 1.82) is 0 Å². The quantitative estimate of drug-likeness (QED) is 0.697. The minimum Gasteiger partial charge on any atom is -0.394 e. The Balaban J connectivity index is 2.57. The SMILES string of the molecule is CCC(CC)(CO)NC(=O)CNC(=O)c1ccccc1Br. The molecule has 0 atom stereocenters. The van der Waals surface area contributed by atoms with Gasteiger partial charge in [0.2, 0.25) is 5.91 Å². The molecule has 0 unspecified atom stereocenters. The smallest absolute Gasteiger partial charge is 0.252 e. The van der Waals surface area contributed by atoms with Crippen LogP contribution in [0.15, 0.2) is 28.7 Å². The van der Waals surface area contributed by atoms with Gasteiger partial charge < -0.3 is 15.7 Å². The maximum absolute atomic E-state index is 12.0. The molecule has 1 aromatic rings. The first-order valence-corrected chi connectivity index (χ1v) is 7.72. The number of hydrogen-bond donors (Lipinski definition) is 3. The number of carbonyl (C=O) groups excluding carboxylic acids is 2. The summed E-state index contributed by atoms with van der Waals surface area (Å²) >= 11 is 3.29. The normalized spacial score (nSPS) is 11.0. The lowest BCUT2D eigenvalue weighted by Gasteiger charge is -2.30. The van der Waals surface area contributed by atoms with Crippen LogP contribution in [-0.2, 0) is 4.79 Å². The summed E-state index contributed by atoms with van der Waals surface area (Å²) in [5, 5.41) is 14.8. The molecule has 0 aliphatic rings. The summed E-state index contributed by atoms with van der Waals surface area (Å²) in [6.45, 7) is 3.56. The van der Waals surface area contributed by atoms with E-state index >= 15 is 0 Å². The van der Waals surface area contributed by atoms with Crippen molar-refractivity contribution in [2.24, 2.45) is 0 Å². The molecule has 3 N–H and O–H groups in total. The fraction of sp³-hybridized carbons (Fsp3) is 0.467. The van der Waals surface area contributed by atoms with Crippen LogP contribution in [0.25, 0.3) is 0 Å². The second kappa shape index (κ2) is 8.14. The first kappa shape index (κ1) is 17.7. The highest BCUT2D eigenvalue weighted by Crippen LogP contribution is 2.15. The summed E-state index contributed by atoms with van der Waals surface area (Å²) in [5.41, 5.74) is -0.139. The number of carbonyl (C=O) groups is 2. The van der Waals surface area contributed by atoms with Gasteiger partial charge in [0.1, 0.15) is 0 Å². The fourth-order valence-electron chi connectivity index (χ4n) is 1.93. The Morgan fingerprint density at radius 3 is 2.38 bits per heavy atom. The van der Waals surface area contributed by atoms with Crippen LogP contribution in [-0.4, -0.2) is 35.6 Å². The molecule has 6 heteroatoms. The van der Waals surface area contributed by atoms with Crippen LogP contribution in [0.4, 0.5) is 0 Å². The average Bonchev–Trinajstić information content (AvgIpc) is 2.51. The highest BCUT2D eigenvalue weighted by atomic mass is 79.9. The number of halogens is 1. The number of aliphatic hydroxyl groups is 1. The zero-order chi connectivity index (χ0) is 15.9. The van der Waals surface area contributed by atoms with Crippen molar-refractivity contribution < 1.29 is 14.7 Å². The molecule has 0 fully saturated rings. The minimum atomic E-state index is -0.616. The number of rotatable bonds is 7. The van der Waals surface area contributed by atoms with Crippen LogP contribution in [0.3, 0.4) is 0 Å². The van der Waals surface area contributed by atoms with Gasteiger partial charge in [-0.25, -0.2) is 0 Å². The molecule has 0 aromatic heterocycles. The molecule has 0 aliphatic heterocycles. The Morgan fingerprint density at radius 2 is 1.86 bits per heavy atom. The average molecular weight is 357 g/mol. The Kier molecular flexibility index (Phi) is 6.84. The van der Waals surface area contributed by atoms with E-state index in [0.717, 1.165) is 0 Å². The molecule has 0 spiro atoms. The van der Waals surface area contributed by atoms with Gasteiger partial charge in [0, 0.05) is 4.47 Å². The molecule has 1 aromatic carbocycles. The highest BCUT2D eigenvalue weighted by molar-refractivity contribution is 9.10. The Bertz CT molecular complexity index is 493. The first-order chi connectivity index (χ1) is 9.98. The van der Waals surface area contributed by atoms with Gasteiger partial charge in [0.15, 0.2) is 0 Å². The van der Waals surface area contributed by atoms with E-state index in [1.165, 1.54) is 0 Å². The molecule has 116 valence electrons. The van der Waals surface area contributed by atoms with Crippen molar-refractivity contribution in [3.05, 3.63) is 34.3 Å². The second-order valence-corrected chi connectivity index (χ2v) is 5.71. The summed E-state index contributed by atoms with van der Waals surface area (Å²) < 4.78 is 0.676. The van der Waals surface area contributed by atoms with Crippen molar-refractivity contribution in [1.82, 2.24) is 10.6 Å². The van der Waals surface area contributed by atoms with E-state index in [0.29, 0.717) is 22.9 Å². The zero-order valence-corrected chi connectivity index (χ0v) is 13.9. The third-order valence-electron chi connectivity index (χ3n) is 3.59. The molecular formula is C15H21BrN2O3. The van der Waals surface area contributed by atoms with Crippen molar-refractivity contribution in [3.63, 3.8) is 0 Å². The van der Waals surface area contributed by atoms with E-state index in [2.05, 4.69) is 26.6 Å². The number of aliphatic hydroxyl groups excluding tert-OH is 1. The number of hydrogen-bond acceptors (Lipinski definition) is 3. The lowest BCUT2D eigenvalue weighted by molar-refractivity contribution is -0.122. The van der Waals surface area contributed by atoms with Gasteiger partial charge in [0.25, 0.3) is 5.91 Å². The summed E-state index contributed by atoms with van der Waals surface area (Å²) in [7, 11) is 0. The van der Waals surface area contributed by atoms with Gasteiger partial charge in [0.05, 0.1) is 24.3 Å². The molecule has 0 heterocycles. The molecule has 5 nitrogen and oxygen atoms in total. The van der Waals surface area contributed by atoms with Crippen molar-refractivity contribution in [2.75, 3.05) is 13.2 Å². The number of amides is 2. The van der Waals surface area contributed by atoms with Gasteiger partial charge in [-0.3, -0.25) is 9.59 Å². The summed E-state index contributed by atoms with van der Waals surface area (Å²) in [6.07, 6.45) is 1.26. The van der Waals surface area contributed by atoms with E-state index in [-0.39, 0.29) is 25.0 Å². The summed E-state index contributed by atoms with van der Waals surface area (Å²) in [5.74, 6) is -0.631. The van der Waals surface area contributed by atoms with Gasteiger partial charge >= 0.3 is 0 Å². The van der Waals surface area contributed by atoms with Gasteiger partial charge in [-0.1, -0.05) is 26.0 Å². The lowest BCUT2D eigenvalue weighted by Crippen LogP contribution is -2.53. The topological polar surface area (TPSA) is 78.4 Å². The molecular weight excluding hydrogens is 336 g/mol. The second-order valence-electron chi connectivity index (χ2n) is 4.86. The summed E-state index contributed by atoms with van der Waals surface area (Å²) in [6, 6.07) is 7.00. The largest absolute Gasteiger partial charge is 0.394 e. The molecule has 21 heavy (non-hydrogen) atoms. The molecule has 0 aliphatic carbocycles. The molecule has 2 amide bonds. The van der Waals surface area contributed by atoms with Crippen LogP contribution in [0, 0.1) is 0 Å². The predicted molar refractivity (Wildman–Crippen MR) is 85.0 cm³/mol. The van der Waals surface area contributed by atoms with Gasteiger partial charge in [-0.2, -0.15) is 0 Å². The van der Waals surface area contributed by atoms with Crippen molar-refractivity contribution in [2.45, 2.75) is 32.2 Å². The van der Waals surface area contributed by atoms with Crippen molar-refractivity contribution in [3.8, 4) is 0 Å². The van der Waals surface area contributed by atoms with E-state index in [9.17, 15) is 14.7 Å². The lowest BCUT2D eigenvalue weighted by atomic mass is 9.94. The monoisotopic (exact) mass is 356 g/mol. The van der Waals surface area contributed by atoms with Crippen LogP contribution in [0.5, 0.6) is 0 Å². The van der Waals surface area contributed by atoms with Crippen LogP contribution in [0.1, 0.15) is 37.0 Å². The maximum Gasteiger partial charge on any atom is 0.252 e. The van der Waals surface area contributed by atoms with E-state index in [1.54, 1.807) is 18.2 Å². The minimum absolute atomic E-state index is 0.121. The van der Waals surface area contributed by atoms with Gasteiger partial charge in [-0.05, 0) is 40.9 Å². The number of nitrogens with one attached hydrogen (secondary N) is 2. The van der Waals surface area contributed by atoms with Gasteiger partial charge in [-0.15, -0.1) is 0 Å². The first-order valence-electron chi connectivity index (χ1n) is 6.92. The van der Waals surface area contributed by atoms with Crippen LogP contribution < -0.4 is 10.6 Å². The zero-order valence-electron chi connectivity index (χ0n) is 12.3. The molecule has 0 saturated heterocycles. The van der Waals surface area contributed by atoms with E-state index in [4.69, 9.17) is 0 Å². The highest BCUT2D eigenvalue weighted by Gasteiger charge is 2.27.